The van der Waals surface area contributed by atoms with Gasteiger partial charge in [-0.25, -0.2) is 10.4 Å². The molecule has 1 rings (SSSR count). The van der Waals surface area contributed by atoms with Crippen LogP contribution in [0.1, 0.15) is 13.3 Å². The summed E-state index contributed by atoms with van der Waals surface area (Å²) >= 11 is 0. The van der Waals surface area contributed by atoms with Crippen LogP contribution in [-0.2, 0) is 0 Å². The standard InChI is InChI=1S/C8H13N3/c1-2-6-10-11-8-5-3-4-7-9-8/h3-5,7,10H,2,6H2,1H3,(H,9,11). The molecule has 3 heteroatoms. The van der Waals surface area contributed by atoms with E-state index in [0.29, 0.717) is 0 Å². The van der Waals surface area contributed by atoms with E-state index in [9.17, 15) is 0 Å². The zero-order valence-electron chi connectivity index (χ0n) is 6.67. The van der Waals surface area contributed by atoms with Crippen molar-refractivity contribution in [2.24, 2.45) is 0 Å². The van der Waals surface area contributed by atoms with E-state index in [1.165, 1.54) is 0 Å². The van der Waals surface area contributed by atoms with Crippen LogP contribution < -0.4 is 10.9 Å². The molecule has 2 N–H and O–H groups in total. The summed E-state index contributed by atoms with van der Waals surface area (Å²) in [4.78, 5) is 4.08. The number of anilines is 1. The van der Waals surface area contributed by atoms with Gasteiger partial charge in [-0.2, -0.15) is 0 Å². The predicted molar refractivity (Wildman–Crippen MR) is 46.2 cm³/mol. The van der Waals surface area contributed by atoms with Gasteiger partial charge in [-0.3, -0.25) is 0 Å². The maximum atomic E-state index is 4.08. The fraction of sp³-hybridized carbons (Fsp3) is 0.375. The Kier molecular flexibility index (Phi) is 3.41. The van der Waals surface area contributed by atoms with Crippen LogP contribution in [0.15, 0.2) is 24.4 Å². The molecule has 0 fully saturated rings. The van der Waals surface area contributed by atoms with E-state index in [1.54, 1.807) is 6.20 Å². The Morgan fingerprint density at radius 1 is 1.45 bits per heavy atom. The van der Waals surface area contributed by atoms with Gasteiger partial charge in [0.2, 0.25) is 0 Å². The fourth-order valence-corrected chi connectivity index (χ4v) is 0.715. The number of nitrogens with one attached hydrogen (secondary N) is 2. The first kappa shape index (κ1) is 8.01. The molecule has 3 nitrogen and oxygen atoms in total. The highest BCUT2D eigenvalue weighted by Gasteiger charge is 1.86. The molecule has 0 aromatic carbocycles. The molecule has 0 amide bonds. The largest absolute Gasteiger partial charge is 0.306 e. The summed E-state index contributed by atoms with van der Waals surface area (Å²) in [6.45, 7) is 3.07. The number of hydrogen-bond donors (Lipinski definition) is 2. The Morgan fingerprint density at radius 3 is 3.00 bits per heavy atom. The lowest BCUT2D eigenvalue weighted by atomic mass is 10.5. The van der Waals surface area contributed by atoms with Crippen molar-refractivity contribution in [1.29, 1.82) is 0 Å². The zero-order valence-corrected chi connectivity index (χ0v) is 6.67. The molecule has 0 saturated carbocycles. The molecule has 1 aromatic heterocycles. The average molecular weight is 151 g/mol. The lowest BCUT2D eigenvalue weighted by Crippen LogP contribution is -2.22. The topological polar surface area (TPSA) is 37.0 Å². The molecule has 0 unspecified atom stereocenters. The first-order valence-corrected chi connectivity index (χ1v) is 3.83. The molecule has 0 radical (unpaired) electrons. The number of hydrazine groups is 1. The lowest BCUT2D eigenvalue weighted by molar-refractivity contribution is 0.756. The smallest absolute Gasteiger partial charge is 0.140 e. The Morgan fingerprint density at radius 2 is 2.36 bits per heavy atom. The number of hydrogen-bond acceptors (Lipinski definition) is 3. The van der Waals surface area contributed by atoms with Crippen molar-refractivity contribution in [2.45, 2.75) is 13.3 Å². The molecule has 1 heterocycles. The number of rotatable bonds is 4. The molecular weight excluding hydrogens is 138 g/mol. The molecule has 0 spiro atoms. The Hall–Kier alpha value is -1.09. The summed E-state index contributed by atoms with van der Waals surface area (Å²) in [6, 6.07) is 5.76. The van der Waals surface area contributed by atoms with Crippen molar-refractivity contribution < 1.29 is 0 Å². The van der Waals surface area contributed by atoms with Gasteiger partial charge < -0.3 is 5.43 Å². The number of aromatic nitrogens is 1. The lowest BCUT2D eigenvalue weighted by Gasteiger charge is -2.04. The van der Waals surface area contributed by atoms with Gasteiger partial charge in [-0.15, -0.1) is 0 Å². The number of nitrogens with zero attached hydrogens (tertiary/aromatic N) is 1. The minimum Gasteiger partial charge on any atom is -0.306 e. The van der Waals surface area contributed by atoms with Gasteiger partial charge in [0, 0.05) is 12.7 Å². The summed E-state index contributed by atoms with van der Waals surface area (Å²) in [5, 5.41) is 0. The van der Waals surface area contributed by atoms with E-state index in [4.69, 9.17) is 0 Å². The first-order chi connectivity index (χ1) is 5.43. The minimum atomic E-state index is 0.862. The maximum Gasteiger partial charge on any atom is 0.140 e. The third kappa shape index (κ3) is 3.00. The fourth-order valence-electron chi connectivity index (χ4n) is 0.715. The van der Waals surface area contributed by atoms with Gasteiger partial charge >= 0.3 is 0 Å². The quantitative estimate of drug-likeness (QED) is 0.504. The summed E-state index contributed by atoms with van der Waals surface area (Å²) in [6.07, 6.45) is 2.87. The van der Waals surface area contributed by atoms with Gasteiger partial charge in [0.1, 0.15) is 5.82 Å². The Balaban J connectivity index is 2.28. The van der Waals surface area contributed by atoms with Gasteiger partial charge in [0.15, 0.2) is 0 Å². The van der Waals surface area contributed by atoms with E-state index in [-0.39, 0.29) is 0 Å². The molecule has 60 valence electrons. The van der Waals surface area contributed by atoms with Crippen molar-refractivity contribution in [3.05, 3.63) is 24.4 Å². The molecule has 0 saturated heterocycles. The van der Waals surface area contributed by atoms with Gasteiger partial charge in [-0.05, 0) is 18.6 Å². The molecular formula is C8H13N3. The molecule has 1 aromatic rings. The second-order valence-corrected chi connectivity index (χ2v) is 2.27. The van der Waals surface area contributed by atoms with E-state index in [0.717, 1.165) is 18.8 Å². The van der Waals surface area contributed by atoms with Crippen LogP contribution >= 0.6 is 0 Å². The highest BCUT2D eigenvalue weighted by molar-refractivity contribution is 5.31. The van der Waals surface area contributed by atoms with Crippen LogP contribution in [0, 0.1) is 0 Å². The average Bonchev–Trinajstić information content (AvgIpc) is 2.07. The van der Waals surface area contributed by atoms with E-state index in [2.05, 4.69) is 22.8 Å². The van der Waals surface area contributed by atoms with Crippen LogP contribution in [0.5, 0.6) is 0 Å². The van der Waals surface area contributed by atoms with Gasteiger partial charge in [-0.1, -0.05) is 13.0 Å². The highest BCUT2D eigenvalue weighted by Crippen LogP contribution is 1.96. The monoisotopic (exact) mass is 151 g/mol. The second kappa shape index (κ2) is 4.68. The molecule has 11 heavy (non-hydrogen) atoms. The number of pyridine rings is 1. The summed E-state index contributed by atoms with van der Waals surface area (Å²) in [5.74, 6) is 0.862. The van der Waals surface area contributed by atoms with Crippen LogP contribution in [-0.4, -0.2) is 11.5 Å². The van der Waals surface area contributed by atoms with Crippen molar-refractivity contribution in [2.75, 3.05) is 12.0 Å². The van der Waals surface area contributed by atoms with Crippen LogP contribution in [0.4, 0.5) is 5.82 Å². The van der Waals surface area contributed by atoms with Crippen LogP contribution in [0.2, 0.25) is 0 Å². The molecule has 0 aliphatic rings. The van der Waals surface area contributed by atoms with E-state index >= 15 is 0 Å². The molecule has 0 aliphatic carbocycles. The van der Waals surface area contributed by atoms with Crippen molar-refractivity contribution in [3.8, 4) is 0 Å². The third-order valence-electron chi connectivity index (χ3n) is 1.26. The van der Waals surface area contributed by atoms with Crippen LogP contribution in [0.3, 0.4) is 0 Å². The minimum absolute atomic E-state index is 0.862. The SMILES string of the molecule is CCCNNc1ccccn1. The summed E-state index contributed by atoms with van der Waals surface area (Å²) in [5.41, 5.74) is 6.02. The van der Waals surface area contributed by atoms with E-state index < -0.39 is 0 Å². The maximum absolute atomic E-state index is 4.08. The van der Waals surface area contributed by atoms with Crippen molar-refractivity contribution in [3.63, 3.8) is 0 Å². The van der Waals surface area contributed by atoms with Gasteiger partial charge in [0.25, 0.3) is 0 Å². The predicted octanol–water partition coefficient (Wildman–Crippen LogP) is 1.41. The van der Waals surface area contributed by atoms with Crippen molar-refractivity contribution >= 4 is 5.82 Å². The normalized spacial score (nSPS) is 9.55. The summed E-state index contributed by atoms with van der Waals surface area (Å²) < 4.78 is 0. The summed E-state index contributed by atoms with van der Waals surface area (Å²) in [7, 11) is 0. The van der Waals surface area contributed by atoms with E-state index in [1.807, 2.05) is 18.2 Å². The Bertz CT molecular complexity index is 186. The Labute approximate surface area is 66.8 Å². The van der Waals surface area contributed by atoms with Gasteiger partial charge in [0.05, 0.1) is 0 Å². The third-order valence-corrected chi connectivity index (χ3v) is 1.26. The molecule has 0 bridgehead atoms. The molecule has 0 atom stereocenters. The second-order valence-electron chi connectivity index (χ2n) is 2.27. The highest BCUT2D eigenvalue weighted by atomic mass is 15.4. The first-order valence-electron chi connectivity index (χ1n) is 3.83. The van der Waals surface area contributed by atoms with Crippen LogP contribution in [0.25, 0.3) is 0 Å². The zero-order chi connectivity index (χ0) is 7.94. The van der Waals surface area contributed by atoms with Crippen molar-refractivity contribution in [1.82, 2.24) is 10.4 Å². The molecule has 0 aliphatic heterocycles.